The number of benzene rings is 1. The van der Waals surface area contributed by atoms with Crippen molar-refractivity contribution in [1.82, 2.24) is 30.0 Å². The van der Waals surface area contributed by atoms with Gasteiger partial charge in [-0.25, -0.2) is 4.98 Å². The number of nitrogens with zero attached hydrogens (tertiary/aromatic N) is 5. The number of amides is 1. The zero-order valence-electron chi connectivity index (χ0n) is 21.2. The fraction of sp³-hybridized carbons (Fsp3) is 0.520. The Balaban J connectivity index is 1.63. The molecule has 1 aromatic carbocycles. The number of hydrogen-bond acceptors (Lipinski definition) is 9. The maximum absolute atomic E-state index is 13.0. The number of aliphatic hydroxyl groups excluding tert-OH is 1. The first-order chi connectivity index (χ1) is 17.4. The molecule has 0 spiro atoms. The van der Waals surface area contributed by atoms with Crippen molar-refractivity contribution in [3.05, 3.63) is 35.5 Å². The molecule has 3 aromatic rings. The summed E-state index contributed by atoms with van der Waals surface area (Å²) < 4.78 is 7.37. The number of carbonyl (C=O) groups excluding carboxylic acids is 1. The summed E-state index contributed by atoms with van der Waals surface area (Å²) in [6.07, 6.45) is 5.03. The number of aliphatic hydroxyl groups is 1. The lowest BCUT2D eigenvalue weighted by molar-refractivity contribution is 0.0938. The van der Waals surface area contributed by atoms with E-state index in [1.807, 2.05) is 12.1 Å². The van der Waals surface area contributed by atoms with E-state index in [-0.39, 0.29) is 30.5 Å². The number of carbonyl (C=O) groups is 1. The Hall–Kier alpha value is -3.44. The number of likely N-dealkylation sites (tertiary alicyclic amines) is 1. The standard InChI is InChI=1S/C25H36N8O3/c1-4-5-18(9-11-34)28-23-22-20(30-25(26)31-23)13-27-33(22)14-17-12-16(6-7-21(17)36-3)24(35)29-19-8-10-32(2)15-19/h6-7,12-13,18-19,34H,4-5,8-11,14-15H2,1-3H3,(H,29,35)(H3,26,28,30,31). The minimum Gasteiger partial charge on any atom is -0.496 e. The van der Waals surface area contributed by atoms with Crippen molar-refractivity contribution in [3.63, 3.8) is 0 Å². The number of likely N-dealkylation sites (N-methyl/N-ethyl adjacent to an activating group) is 1. The van der Waals surface area contributed by atoms with Crippen LogP contribution in [-0.2, 0) is 6.54 Å². The summed E-state index contributed by atoms with van der Waals surface area (Å²) in [5, 5.41) is 20.6. The molecule has 2 atom stereocenters. The molecule has 194 valence electrons. The van der Waals surface area contributed by atoms with E-state index in [1.54, 1.807) is 24.1 Å². The van der Waals surface area contributed by atoms with Crippen LogP contribution in [0, 0.1) is 0 Å². The van der Waals surface area contributed by atoms with Crippen LogP contribution in [0.2, 0.25) is 0 Å². The van der Waals surface area contributed by atoms with Crippen LogP contribution in [0.5, 0.6) is 5.75 Å². The second-order valence-corrected chi connectivity index (χ2v) is 9.36. The average molecular weight is 497 g/mol. The molecular formula is C25H36N8O3. The molecule has 36 heavy (non-hydrogen) atoms. The minimum atomic E-state index is -0.102. The monoisotopic (exact) mass is 496 g/mol. The molecule has 1 fully saturated rings. The van der Waals surface area contributed by atoms with Crippen molar-refractivity contribution in [3.8, 4) is 5.75 Å². The Morgan fingerprint density at radius 2 is 2.17 bits per heavy atom. The van der Waals surface area contributed by atoms with Gasteiger partial charge in [-0.05, 0) is 51.1 Å². The van der Waals surface area contributed by atoms with Crippen LogP contribution < -0.4 is 21.1 Å². The minimum absolute atomic E-state index is 0.0389. The number of hydrogen-bond donors (Lipinski definition) is 4. The van der Waals surface area contributed by atoms with Gasteiger partial charge in [-0.15, -0.1) is 0 Å². The molecule has 4 rings (SSSR count). The van der Waals surface area contributed by atoms with E-state index in [1.165, 1.54) is 0 Å². The first kappa shape index (κ1) is 25.6. The van der Waals surface area contributed by atoms with Crippen molar-refractivity contribution in [2.24, 2.45) is 0 Å². The van der Waals surface area contributed by atoms with Gasteiger partial charge in [-0.3, -0.25) is 9.48 Å². The number of ether oxygens (including phenoxy) is 1. The van der Waals surface area contributed by atoms with Gasteiger partial charge in [0.15, 0.2) is 5.82 Å². The van der Waals surface area contributed by atoms with E-state index in [0.29, 0.717) is 41.1 Å². The van der Waals surface area contributed by atoms with Gasteiger partial charge in [0.25, 0.3) is 5.91 Å². The zero-order chi connectivity index (χ0) is 25.7. The number of nitrogen functional groups attached to an aromatic ring is 1. The average Bonchev–Trinajstić information content (AvgIpc) is 3.44. The van der Waals surface area contributed by atoms with E-state index in [9.17, 15) is 9.90 Å². The van der Waals surface area contributed by atoms with Gasteiger partial charge < -0.3 is 31.1 Å². The van der Waals surface area contributed by atoms with Crippen molar-refractivity contribution < 1.29 is 14.6 Å². The number of fused-ring (bicyclic) bond motifs is 1. The molecule has 0 saturated carbocycles. The Labute approximate surface area is 211 Å². The molecule has 1 aliphatic heterocycles. The van der Waals surface area contributed by atoms with Crippen molar-refractivity contribution in [2.45, 2.75) is 51.2 Å². The highest BCUT2D eigenvalue weighted by Gasteiger charge is 2.23. The fourth-order valence-electron chi connectivity index (χ4n) is 4.75. The molecule has 2 aromatic heterocycles. The fourth-order valence-corrected chi connectivity index (χ4v) is 4.75. The van der Waals surface area contributed by atoms with E-state index < -0.39 is 0 Å². The van der Waals surface area contributed by atoms with Crippen LogP contribution in [0.25, 0.3) is 11.0 Å². The van der Waals surface area contributed by atoms with E-state index in [0.717, 1.165) is 37.9 Å². The summed E-state index contributed by atoms with van der Waals surface area (Å²) in [5.41, 5.74) is 8.66. The Morgan fingerprint density at radius 3 is 2.86 bits per heavy atom. The third-order valence-electron chi connectivity index (χ3n) is 6.55. The number of methoxy groups -OCH3 is 1. The van der Waals surface area contributed by atoms with Crippen LogP contribution >= 0.6 is 0 Å². The molecule has 1 aliphatic rings. The van der Waals surface area contributed by atoms with Crippen molar-refractivity contribution in [2.75, 3.05) is 44.9 Å². The quantitative estimate of drug-likeness (QED) is 0.313. The molecule has 2 unspecified atom stereocenters. The molecule has 1 amide bonds. The molecule has 1 saturated heterocycles. The van der Waals surface area contributed by atoms with Crippen molar-refractivity contribution >= 4 is 28.7 Å². The van der Waals surface area contributed by atoms with Gasteiger partial charge in [0.1, 0.15) is 16.8 Å². The van der Waals surface area contributed by atoms with E-state index >= 15 is 0 Å². The Morgan fingerprint density at radius 1 is 1.33 bits per heavy atom. The first-order valence-electron chi connectivity index (χ1n) is 12.4. The maximum Gasteiger partial charge on any atom is 0.251 e. The highest BCUT2D eigenvalue weighted by atomic mass is 16.5. The SMILES string of the molecule is CCCC(CCO)Nc1nc(N)nc2cnn(Cc3cc(C(=O)NC4CCN(C)C4)ccc3OC)c12. The summed E-state index contributed by atoms with van der Waals surface area (Å²) in [6, 6.07) is 5.62. The number of nitrogens with two attached hydrogens (primary N) is 1. The first-order valence-corrected chi connectivity index (χ1v) is 12.4. The molecule has 0 radical (unpaired) electrons. The van der Waals surface area contributed by atoms with Crippen LogP contribution in [0.3, 0.4) is 0 Å². The summed E-state index contributed by atoms with van der Waals surface area (Å²) >= 11 is 0. The van der Waals surface area contributed by atoms with Crippen LogP contribution in [0.1, 0.15) is 48.5 Å². The van der Waals surface area contributed by atoms with Crippen LogP contribution in [-0.4, -0.2) is 81.6 Å². The molecule has 0 aliphatic carbocycles. The number of nitrogens with one attached hydrogen (secondary N) is 2. The highest BCUT2D eigenvalue weighted by molar-refractivity contribution is 5.95. The largest absolute Gasteiger partial charge is 0.496 e. The summed E-state index contributed by atoms with van der Waals surface area (Å²) in [6.45, 7) is 4.35. The topological polar surface area (TPSA) is 143 Å². The molecule has 0 bridgehead atoms. The van der Waals surface area contributed by atoms with Gasteiger partial charge in [-0.1, -0.05) is 13.3 Å². The summed E-state index contributed by atoms with van der Waals surface area (Å²) in [5.74, 6) is 1.28. The molecule has 5 N–H and O–H groups in total. The van der Waals surface area contributed by atoms with Gasteiger partial charge in [-0.2, -0.15) is 10.1 Å². The van der Waals surface area contributed by atoms with Gasteiger partial charge in [0, 0.05) is 36.4 Å². The highest BCUT2D eigenvalue weighted by Crippen LogP contribution is 2.27. The summed E-state index contributed by atoms with van der Waals surface area (Å²) in [4.78, 5) is 24.0. The Bertz CT molecular complexity index is 1190. The summed E-state index contributed by atoms with van der Waals surface area (Å²) in [7, 11) is 3.66. The van der Waals surface area contributed by atoms with E-state index in [2.05, 4.69) is 44.6 Å². The lowest BCUT2D eigenvalue weighted by Gasteiger charge is -2.19. The van der Waals surface area contributed by atoms with Gasteiger partial charge >= 0.3 is 0 Å². The number of aromatic nitrogens is 4. The van der Waals surface area contributed by atoms with Gasteiger partial charge in [0.05, 0.1) is 19.9 Å². The van der Waals surface area contributed by atoms with Crippen molar-refractivity contribution in [1.29, 1.82) is 0 Å². The smallest absolute Gasteiger partial charge is 0.251 e. The number of rotatable bonds is 11. The molecule has 3 heterocycles. The second kappa shape index (κ2) is 11.5. The third-order valence-corrected chi connectivity index (χ3v) is 6.55. The normalized spacial score (nSPS) is 16.8. The molecule has 11 nitrogen and oxygen atoms in total. The third kappa shape index (κ3) is 5.85. The predicted octanol–water partition coefficient (Wildman–Crippen LogP) is 1.86. The second-order valence-electron chi connectivity index (χ2n) is 9.36. The van der Waals surface area contributed by atoms with E-state index in [4.69, 9.17) is 10.5 Å². The molecular weight excluding hydrogens is 460 g/mol. The zero-order valence-corrected chi connectivity index (χ0v) is 21.2. The lowest BCUT2D eigenvalue weighted by Crippen LogP contribution is -2.36. The number of anilines is 2. The lowest BCUT2D eigenvalue weighted by atomic mass is 10.1. The van der Waals surface area contributed by atoms with Gasteiger partial charge in [0.2, 0.25) is 5.95 Å². The predicted molar refractivity (Wildman–Crippen MR) is 139 cm³/mol. The van der Waals surface area contributed by atoms with Crippen LogP contribution in [0.15, 0.2) is 24.4 Å². The molecule has 11 heteroatoms. The Kier molecular flexibility index (Phi) is 8.21. The van der Waals surface area contributed by atoms with Crippen LogP contribution in [0.4, 0.5) is 11.8 Å². The maximum atomic E-state index is 13.0.